The van der Waals surface area contributed by atoms with Gasteiger partial charge in [0, 0.05) is 29.8 Å². The van der Waals surface area contributed by atoms with Crippen LogP contribution in [-0.4, -0.2) is 19.0 Å². The number of methoxy groups -OCH3 is 1. The Hall–Kier alpha value is -4.39. The molecule has 0 aliphatic heterocycles. The number of amides is 1. The molecule has 7 nitrogen and oxygen atoms in total. The zero-order valence-corrected chi connectivity index (χ0v) is 17.4. The summed E-state index contributed by atoms with van der Waals surface area (Å²) in [6, 6.07) is 19.7. The molecule has 3 aromatic carbocycles. The van der Waals surface area contributed by atoms with Gasteiger partial charge in [-0.2, -0.15) is 0 Å². The molecule has 0 spiro atoms. The lowest BCUT2D eigenvalue weighted by molar-refractivity contribution is -0.131. The maximum absolute atomic E-state index is 12.5. The number of esters is 1. The fraction of sp³-hybridized carbons (Fsp3) is 0.0800. The predicted molar refractivity (Wildman–Crippen MR) is 120 cm³/mol. The van der Waals surface area contributed by atoms with E-state index >= 15 is 0 Å². The highest BCUT2D eigenvalue weighted by molar-refractivity contribution is 6.04. The molecule has 0 unspecified atom stereocenters. The summed E-state index contributed by atoms with van der Waals surface area (Å²) < 4.78 is 16.0. The molecule has 4 rings (SSSR count). The smallest absolute Gasteiger partial charge is 0.308 e. The zero-order valence-electron chi connectivity index (χ0n) is 17.4. The summed E-state index contributed by atoms with van der Waals surface area (Å²) in [7, 11) is 1.54. The first-order valence-corrected chi connectivity index (χ1v) is 9.75. The van der Waals surface area contributed by atoms with Gasteiger partial charge in [-0.25, -0.2) is 0 Å². The Morgan fingerprint density at radius 2 is 1.56 bits per heavy atom. The number of hydrogen-bond donors (Lipinski definition) is 1. The van der Waals surface area contributed by atoms with Gasteiger partial charge < -0.3 is 19.2 Å². The van der Waals surface area contributed by atoms with Crippen molar-refractivity contribution in [2.75, 3.05) is 12.4 Å². The third kappa shape index (κ3) is 4.52. The van der Waals surface area contributed by atoms with Crippen LogP contribution in [0.15, 0.2) is 82.0 Å². The van der Waals surface area contributed by atoms with Crippen molar-refractivity contribution in [2.24, 2.45) is 0 Å². The average Bonchev–Trinajstić information content (AvgIpc) is 2.79. The lowest BCUT2D eigenvalue weighted by Gasteiger charge is -2.08. The van der Waals surface area contributed by atoms with Crippen LogP contribution in [0, 0.1) is 0 Å². The molecular weight excluding hydrogens is 410 g/mol. The summed E-state index contributed by atoms with van der Waals surface area (Å²) in [5.74, 6) is 0.640. The molecule has 0 saturated heterocycles. The van der Waals surface area contributed by atoms with Gasteiger partial charge in [-0.1, -0.05) is 0 Å². The maximum atomic E-state index is 12.5. The first kappa shape index (κ1) is 20.9. The predicted octanol–water partition coefficient (Wildman–Crippen LogP) is 4.65. The van der Waals surface area contributed by atoms with Crippen molar-refractivity contribution >= 4 is 28.5 Å². The van der Waals surface area contributed by atoms with Crippen LogP contribution in [0.2, 0.25) is 0 Å². The minimum atomic E-state index is -0.427. The van der Waals surface area contributed by atoms with E-state index in [1.165, 1.54) is 20.1 Å². The molecule has 0 atom stereocenters. The molecule has 160 valence electrons. The van der Waals surface area contributed by atoms with E-state index in [-0.39, 0.29) is 11.3 Å². The highest BCUT2D eigenvalue weighted by atomic mass is 16.5. The van der Waals surface area contributed by atoms with Crippen molar-refractivity contribution < 1.29 is 23.5 Å². The fourth-order valence-electron chi connectivity index (χ4n) is 3.17. The average molecular weight is 429 g/mol. The normalized spacial score (nSPS) is 10.6. The van der Waals surface area contributed by atoms with Crippen molar-refractivity contribution in [3.05, 3.63) is 88.6 Å². The second kappa shape index (κ2) is 8.77. The van der Waals surface area contributed by atoms with E-state index in [0.29, 0.717) is 45.0 Å². The quantitative estimate of drug-likeness (QED) is 0.367. The van der Waals surface area contributed by atoms with Crippen LogP contribution in [0.25, 0.3) is 22.3 Å². The molecule has 7 heteroatoms. The summed E-state index contributed by atoms with van der Waals surface area (Å²) in [6.45, 7) is 1.31. The van der Waals surface area contributed by atoms with E-state index in [0.717, 1.165) is 0 Å². The fourth-order valence-corrected chi connectivity index (χ4v) is 3.17. The third-order valence-electron chi connectivity index (χ3n) is 4.74. The van der Waals surface area contributed by atoms with Crippen LogP contribution in [-0.2, 0) is 4.79 Å². The van der Waals surface area contributed by atoms with Gasteiger partial charge in [-0.15, -0.1) is 0 Å². The Labute approximate surface area is 183 Å². The summed E-state index contributed by atoms with van der Waals surface area (Å²) in [5.41, 5.74) is 1.98. The van der Waals surface area contributed by atoms with Gasteiger partial charge in [-0.05, 0) is 66.7 Å². The molecule has 0 saturated carbocycles. The van der Waals surface area contributed by atoms with Gasteiger partial charge in [0.1, 0.15) is 22.8 Å². The van der Waals surface area contributed by atoms with Gasteiger partial charge in [0.05, 0.1) is 12.5 Å². The summed E-state index contributed by atoms with van der Waals surface area (Å²) in [4.78, 5) is 35.9. The van der Waals surface area contributed by atoms with Crippen molar-refractivity contribution in [1.82, 2.24) is 0 Å². The largest absolute Gasteiger partial charge is 0.497 e. The molecular formula is C25H19NO6. The summed E-state index contributed by atoms with van der Waals surface area (Å²) in [5, 5.41) is 3.24. The SMILES string of the molecule is COc1ccc2oc(-c3ccc(NC(=O)c4ccc(OC(C)=O)cc4)cc3)cc(=O)c2c1. The zero-order chi connectivity index (χ0) is 22.7. The number of carbonyl (C=O) groups is 2. The molecule has 1 amide bonds. The number of fused-ring (bicyclic) bond motifs is 1. The maximum Gasteiger partial charge on any atom is 0.308 e. The van der Waals surface area contributed by atoms with Crippen LogP contribution in [0.4, 0.5) is 5.69 Å². The summed E-state index contributed by atoms with van der Waals surface area (Å²) in [6.07, 6.45) is 0. The molecule has 0 bridgehead atoms. The second-order valence-corrected chi connectivity index (χ2v) is 6.99. The lowest BCUT2D eigenvalue weighted by atomic mass is 10.1. The molecule has 4 aromatic rings. The van der Waals surface area contributed by atoms with Crippen molar-refractivity contribution in [3.63, 3.8) is 0 Å². The first-order valence-electron chi connectivity index (χ1n) is 9.75. The number of ether oxygens (including phenoxy) is 2. The van der Waals surface area contributed by atoms with Crippen LogP contribution < -0.4 is 20.2 Å². The minimum Gasteiger partial charge on any atom is -0.497 e. The van der Waals surface area contributed by atoms with Crippen LogP contribution in [0.1, 0.15) is 17.3 Å². The van der Waals surface area contributed by atoms with E-state index < -0.39 is 5.97 Å². The first-order chi connectivity index (χ1) is 15.4. The molecule has 32 heavy (non-hydrogen) atoms. The van der Waals surface area contributed by atoms with Gasteiger partial charge in [0.25, 0.3) is 5.91 Å². The summed E-state index contributed by atoms with van der Waals surface area (Å²) >= 11 is 0. The van der Waals surface area contributed by atoms with E-state index in [9.17, 15) is 14.4 Å². The number of anilines is 1. The molecule has 0 aliphatic carbocycles. The molecule has 0 fully saturated rings. The molecule has 0 radical (unpaired) electrons. The van der Waals surface area contributed by atoms with E-state index in [2.05, 4.69) is 5.32 Å². The number of hydrogen-bond acceptors (Lipinski definition) is 6. The molecule has 1 N–H and O–H groups in total. The van der Waals surface area contributed by atoms with Gasteiger partial charge in [0.2, 0.25) is 0 Å². The monoisotopic (exact) mass is 429 g/mol. The second-order valence-electron chi connectivity index (χ2n) is 6.99. The topological polar surface area (TPSA) is 94.8 Å². The Morgan fingerprint density at radius 3 is 2.22 bits per heavy atom. The highest BCUT2D eigenvalue weighted by Crippen LogP contribution is 2.26. The van der Waals surface area contributed by atoms with Crippen LogP contribution in [0.3, 0.4) is 0 Å². The molecule has 0 aliphatic rings. The van der Waals surface area contributed by atoms with E-state index in [1.807, 2.05) is 0 Å². The van der Waals surface area contributed by atoms with E-state index in [4.69, 9.17) is 13.9 Å². The van der Waals surface area contributed by atoms with Gasteiger partial charge in [-0.3, -0.25) is 14.4 Å². The van der Waals surface area contributed by atoms with E-state index in [1.54, 1.807) is 66.7 Å². The molecule has 1 heterocycles. The van der Waals surface area contributed by atoms with Crippen molar-refractivity contribution in [3.8, 4) is 22.8 Å². The lowest BCUT2D eigenvalue weighted by Crippen LogP contribution is -2.11. The number of carbonyl (C=O) groups excluding carboxylic acids is 2. The number of nitrogens with one attached hydrogen (secondary N) is 1. The Bertz CT molecular complexity index is 1350. The van der Waals surface area contributed by atoms with Gasteiger partial charge >= 0.3 is 5.97 Å². The van der Waals surface area contributed by atoms with Crippen LogP contribution in [0.5, 0.6) is 11.5 Å². The van der Waals surface area contributed by atoms with Gasteiger partial charge in [0.15, 0.2) is 5.43 Å². The number of benzene rings is 3. The van der Waals surface area contributed by atoms with Crippen molar-refractivity contribution in [2.45, 2.75) is 6.92 Å². The number of rotatable bonds is 5. The third-order valence-corrected chi connectivity index (χ3v) is 4.74. The van der Waals surface area contributed by atoms with Crippen molar-refractivity contribution in [1.29, 1.82) is 0 Å². The molecule has 1 aromatic heterocycles. The standard InChI is InChI=1S/C25H19NO6/c1-15(27)31-19-9-5-17(6-10-19)25(29)26-18-7-3-16(4-8-18)24-14-22(28)21-13-20(30-2)11-12-23(21)32-24/h3-14H,1-2H3,(H,26,29). The minimum absolute atomic E-state index is 0.172. The Kier molecular flexibility index (Phi) is 5.72. The van der Waals surface area contributed by atoms with Crippen LogP contribution >= 0.6 is 0 Å². The Morgan fingerprint density at radius 1 is 0.875 bits per heavy atom. The highest BCUT2D eigenvalue weighted by Gasteiger charge is 2.10. The Balaban J connectivity index is 1.51.